The van der Waals surface area contributed by atoms with Gasteiger partial charge < -0.3 is 5.32 Å². The number of hydrogen-bond acceptors (Lipinski definition) is 4. The Balaban J connectivity index is 2.82. The third-order valence-corrected chi connectivity index (χ3v) is 6.42. The summed E-state index contributed by atoms with van der Waals surface area (Å²) < 4.78 is 27.0. The second-order valence-corrected chi connectivity index (χ2v) is 7.68. The van der Waals surface area contributed by atoms with E-state index in [1.54, 1.807) is 10.4 Å². The molecule has 4 nitrogen and oxygen atoms in total. The molecule has 6 heteroatoms. The van der Waals surface area contributed by atoms with Crippen LogP contribution in [0.5, 0.6) is 0 Å². The number of sulfonamides is 1. The molecular formula is C13H24N2O2S2. The van der Waals surface area contributed by atoms with Crippen LogP contribution in [0.2, 0.25) is 0 Å². The fraction of sp³-hybridized carbons (Fsp3) is 0.692. The molecule has 0 saturated heterocycles. The average molecular weight is 304 g/mol. The zero-order chi connectivity index (χ0) is 14.3. The number of unbranched alkanes of at least 4 members (excludes halogenated alkanes) is 1. The van der Waals surface area contributed by atoms with E-state index in [0.29, 0.717) is 17.3 Å². The van der Waals surface area contributed by atoms with E-state index in [9.17, 15) is 8.42 Å². The van der Waals surface area contributed by atoms with Gasteiger partial charge in [-0.25, -0.2) is 8.42 Å². The fourth-order valence-electron chi connectivity index (χ4n) is 1.75. The molecule has 1 N–H and O–H groups in total. The molecule has 0 unspecified atom stereocenters. The van der Waals surface area contributed by atoms with E-state index in [1.807, 2.05) is 19.9 Å². The molecule has 0 aromatic carbocycles. The van der Waals surface area contributed by atoms with Crippen LogP contribution in [-0.2, 0) is 16.6 Å². The smallest absolute Gasteiger partial charge is 0.252 e. The molecule has 0 amide bonds. The summed E-state index contributed by atoms with van der Waals surface area (Å²) in [5.74, 6) is 0. The topological polar surface area (TPSA) is 49.4 Å². The summed E-state index contributed by atoms with van der Waals surface area (Å²) in [5.41, 5.74) is 0. The van der Waals surface area contributed by atoms with Gasteiger partial charge in [-0.2, -0.15) is 4.31 Å². The van der Waals surface area contributed by atoms with Crippen molar-refractivity contribution in [1.82, 2.24) is 9.62 Å². The summed E-state index contributed by atoms with van der Waals surface area (Å²) in [5, 5.41) is 3.21. The van der Waals surface area contributed by atoms with Gasteiger partial charge in [0.25, 0.3) is 10.0 Å². The van der Waals surface area contributed by atoms with Crippen molar-refractivity contribution in [2.45, 2.75) is 44.4 Å². The van der Waals surface area contributed by atoms with E-state index in [1.165, 1.54) is 11.3 Å². The van der Waals surface area contributed by atoms with Gasteiger partial charge in [-0.15, -0.1) is 11.3 Å². The first-order valence-corrected chi connectivity index (χ1v) is 9.11. The fourth-order valence-corrected chi connectivity index (χ4v) is 4.72. The molecule has 1 rings (SSSR count). The van der Waals surface area contributed by atoms with E-state index in [0.717, 1.165) is 30.8 Å². The molecule has 19 heavy (non-hydrogen) atoms. The summed E-state index contributed by atoms with van der Waals surface area (Å²) in [6, 6.07) is 3.62. The van der Waals surface area contributed by atoms with Gasteiger partial charge in [0.1, 0.15) is 4.21 Å². The maximum atomic E-state index is 12.5. The Hall–Kier alpha value is -0.430. The average Bonchev–Trinajstić information content (AvgIpc) is 2.86. The first-order valence-electron chi connectivity index (χ1n) is 6.85. The summed E-state index contributed by atoms with van der Waals surface area (Å²) in [4.78, 5) is 1.06. The molecule has 0 radical (unpaired) electrons. The molecule has 0 saturated carbocycles. The molecule has 0 aliphatic heterocycles. The molecule has 1 aromatic heterocycles. The van der Waals surface area contributed by atoms with Crippen molar-refractivity contribution in [2.24, 2.45) is 0 Å². The largest absolute Gasteiger partial charge is 0.312 e. The Kier molecular flexibility index (Phi) is 6.99. The Labute approximate surface area is 120 Å². The highest BCUT2D eigenvalue weighted by atomic mass is 32.2. The van der Waals surface area contributed by atoms with Gasteiger partial charge in [0.2, 0.25) is 0 Å². The van der Waals surface area contributed by atoms with E-state index in [2.05, 4.69) is 12.2 Å². The lowest BCUT2D eigenvalue weighted by Gasteiger charge is -2.18. The van der Waals surface area contributed by atoms with Crippen molar-refractivity contribution >= 4 is 21.4 Å². The normalized spacial score (nSPS) is 12.2. The van der Waals surface area contributed by atoms with Crippen molar-refractivity contribution in [3.05, 3.63) is 17.0 Å². The van der Waals surface area contributed by atoms with E-state index in [4.69, 9.17) is 0 Å². The highest BCUT2D eigenvalue weighted by molar-refractivity contribution is 7.91. The lowest BCUT2D eigenvalue weighted by molar-refractivity contribution is 0.420. The monoisotopic (exact) mass is 304 g/mol. The van der Waals surface area contributed by atoms with Gasteiger partial charge in [-0.1, -0.05) is 27.2 Å². The first kappa shape index (κ1) is 16.6. The maximum Gasteiger partial charge on any atom is 0.252 e. The van der Waals surface area contributed by atoms with Gasteiger partial charge in [-0.3, -0.25) is 0 Å². The number of hydrogen-bond donors (Lipinski definition) is 1. The summed E-state index contributed by atoms with van der Waals surface area (Å²) in [7, 11) is -3.30. The second-order valence-electron chi connectivity index (χ2n) is 4.35. The third-order valence-electron chi connectivity index (χ3n) is 2.89. The van der Waals surface area contributed by atoms with Crippen LogP contribution in [0.15, 0.2) is 16.3 Å². The van der Waals surface area contributed by atoms with Crippen LogP contribution in [0.3, 0.4) is 0 Å². The van der Waals surface area contributed by atoms with Crippen LogP contribution < -0.4 is 5.32 Å². The van der Waals surface area contributed by atoms with Gasteiger partial charge in [-0.05, 0) is 25.1 Å². The SMILES string of the molecule is CCCCN(CC)S(=O)(=O)c1ccc(CNCC)s1. The Morgan fingerprint density at radius 2 is 2.00 bits per heavy atom. The molecule has 0 atom stereocenters. The zero-order valence-corrected chi connectivity index (χ0v) is 13.6. The molecule has 0 spiro atoms. The molecular weight excluding hydrogens is 280 g/mol. The maximum absolute atomic E-state index is 12.5. The zero-order valence-electron chi connectivity index (χ0n) is 12.0. The van der Waals surface area contributed by atoms with Crippen LogP contribution >= 0.6 is 11.3 Å². The van der Waals surface area contributed by atoms with Crippen molar-refractivity contribution in [2.75, 3.05) is 19.6 Å². The van der Waals surface area contributed by atoms with E-state index >= 15 is 0 Å². The highest BCUT2D eigenvalue weighted by Crippen LogP contribution is 2.25. The summed E-state index contributed by atoms with van der Waals surface area (Å²) in [6.45, 7) is 8.75. The van der Waals surface area contributed by atoms with Crippen LogP contribution in [0.25, 0.3) is 0 Å². The van der Waals surface area contributed by atoms with Gasteiger partial charge in [0.05, 0.1) is 0 Å². The van der Waals surface area contributed by atoms with E-state index in [-0.39, 0.29) is 0 Å². The standard InChI is InChI=1S/C13H24N2O2S2/c1-4-7-10-15(6-3)19(16,17)13-9-8-12(18-13)11-14-5-2/h8-9,14H,4-7,10-11H2,1-3H3. The molecule has 0 bridgehead atoms. The van der Waals surface area contributed by atoms with Crippen LogP contribution in [0.4, 0.5) is 0 Å². The van der Waals surface area contributed by atoms with Crippen molar-refractivity contribution in [1.29, 1.82) is 0 Å². The predicted octanol–water partition coefficient (Wildman–Crippen LogP) is 2.67. The lowest BCUT2D eigenvalue weighted by atomic mass is 10.3. The van der Waals surface area contributed by atoms with Gasteiger partial charge in [0, 0.05) is 24.5 Å². The first-order chi connectivity index (χ1) is 9.06. The van der Waals surface area contributed by atoms with Crippen molar-refractivity contribution in [3.8, 4) is 0 Å². The number of thiophene rings is 1. The Bertz CT molecular complexity index is 469. The quantitative estimate of drug-likeness (QED) is 0.763. The molecule has 0 aliphatic rings. The number of nitrogens with one attached hydrogen (secondary N) is 1. The summed E-state index contributed by atoms with van der Waals surface area (Å²) >= 11 is 1.36. The molecule has 1 aromatic rings. The predicted molar refractivity (Wildman–Crippen MR) is 81.0 cm³/mol. The van der Waals surface area contributed by atoms with Gasteiger partial charge >= 0.3 is 0 Å². The van der Waals surface area contributed by atoms with Crippen molar-refractivity contribution in [3.63, 3.8) is 0 Å². The number of nitrogens with zero attached hydrogens (tertiary/aromatic N) is 1. The van der Waals surface area contributed by atoms with Crippen LogP contribution in [0.1, 0.15) is 38.5 Å². The molecule has 0 fully saturated rings. The minimum absolute atomic E-state index is 0.457. The summed E-state index contributed by atoms with van der Waals surface area (Å²) in [6.07, 6.45) is 1.91. The van der Waals surface area contributed by atoms with E-state index < -0.39 is 10.0 Å². The third kappa shape index (κ3) is 4.56. The Morgan fingerprint density at radius 3 is 2.58 bits per heavy atom. The second kappa shape index (κ2) is 7.99. The van der Waals surface area contributed by atoms with Crippen LogP contribution in [0, 0.1) is 0 Å². The lowest BCUT2D eigenvalue weighted by Crippen LogP contribution is -2.31. The molecule has 1 heterocycles. The van der Waals surface area contributed by atoms with Gasteiger partial charge in [0.15, 0.2) is 0 Å². The minimum atomic E-state index is -3.30. The highest BCUT2D eigenvalue weighted by Gasteiger charge is 2.24. The minimum Gasteiger partial charge on any atom is -0.312 e. The Morgan fingerprint density at radius 1 is 1.26 bits per heavy atom. The van der Waals surface area contributed by atoms with Crippen molar-refractivity contribution < 1.29 is 8.42 Å². The number of rotatable bonds is 9. The van der Waals surface area contributed by atoms with Crippen LogP contribution in [-0.4, -0.2) is 32.4 Å². The molecule has 0 aliphatic carbocycles. The molecule has 110 valence electrons.